The van der Waals surface area contributed by atoms with E-state index in [1.54, 1.807) is 0 Å². The lowest BCUT2D eigenvalue weighted by atomic mass is 10.2. The lowest BCUT2D eigenvalue weighted by Gasteiger charge is -2.01. The van der Waals surface area contributed by atoms with Gasteiger partial charge < -0.3 is 32.3 Å². The fraction of sp³-hybridized carbons (Fsp3) is 0.783. The zero-order valence-corrected chi connectivity index (χ0v) is 21.6. The van der Waals surface area contributed by atoms with Crippen LogP contribution in [0.15, 0.2) is 9.98 Å². The van der Waals surface area contributed by atoms with Crippen molar-refractivity contribution in [2.45, 2.75) is 77.0 Å². The molecule has 0 aromatic heterocycles. The molecule has 214 valence electrons. The number of aliphatic imine (C=N–C) groups is 2. The molecule has 14 heteroatoms. The fourth-order valence-corrected chi connectivity index (χ4v) is 2.46. The van der Waals surface area contributed by atoms with Crippen molar-refractivity contribution in [3.8, 4) is 0 Å². The van der Waals surface area contributed by atoms with Gasteiger partial charge in [0.2, 0.25) is 12.2 Å². The maximum absolute atomic E-state index is 10.0. The topological polar surface area (TPSA) is 244 Å². The molecule has 0 heterocycles. The monoisotopic (exact) mass is 532 g/mol. The minimum absolute atomic E-state index is 0.250. The number of hydrogen-bond acceptors (Lipinski definition) is 10. The summed E-state index contributed by atoms with van der Waals surface area (Å²) in [4.78, 5) is 62.4. The van der Waals surface area contributed by atoms with Crippen molar-refractivity contribution in [3.63, 3.8) is 0 Å². The number of carbonyl (C=O) groups is 2. The van der Waals surface area contributed by atoms with E-state index in [1.807, 2.05) is 0 Å². The van der Waals surface area contributed by atoms with E-state index in [-0.39, 0.29) is 6.15 Å². The maximum Gasteiger partial charge on any atom is 0.404 e. The van der Waals surface area contributed by atoms with Crippen molar-refractivity contribution in [2.75, 3.05) is 39.3 Å². The van der Waals surface area contributed by atoms with Crippen LogP contribution in [0.2, 0.25) is 0 Å². The number of carbonyl (C=O) groups excluding carboxylic acids is 4. The quantitative estimate of drug-likeness (QED) is 0.0803. The van der Waals surface area contributed by atoms with E-state index in [4.69, 9.17) is 31.3 Å². The zero-order chi connectivity index (χ0) is 28.8. The Balaban J connectivity index is -0.000000215. The van der Waals surface area contributed by atoms with Crippen molar-refractivity contribution < 1.29 is 39.0 Å². The summed E-state index contributed by atoms with van der Waals surface area (Å²) >= 11 is 0. The van der Waals surface area contributed by atoms with E-state index in [9.17, 15) is 19.2 Å². The lowest BCUT2D eigenvalue weighted by molar-refractivity contribution is -0.191. The molecule has 0 radical (unpaired) electrons. The molecule has 0 atom stereocenters. The van der Waals surface area contributed by atoms with Crippen molar-refractivity contribution in [1.29, 1.82) is 0 Å². The van der Waals surface area contributed by atoms with Crippen LogP contribution in [-0.2, 0) is 19.2 Å². The minimum atomic E-state index is -1.00. The highest BCUT2D eigenvalue weighted by atomic mass is 16.4. The number of amides is 2. The fourth-order valence-electron chi connectivity index (χ4n) is 2.46. The SMILES string of the molecule is NCCCCCCN.O=C(O)NCCCCCCNC(=O)O.O=C=NCCCCCCN=C=O.O=C=O. The lowest BCUT2D eigenvalue weighted by Crippen LogP contribution is -2.22. The summed E-state index contributed by atoms with van der Waals surface area (Å²) in [6.45, 7) is 3.68. The van der Waals surface area contributed by atoms with Crippen LogP contribution >= 0.6 is 0 Å². The second kappa shape index (κ2) is 42.7. The maximum atomic E-state index is 10.0. The van der Waals surface area contributed by atoms with E-state index in [1.165, 1.54) is 25.0 Å². The summed E-state index contributed by atoms with van der Waals surface area (Å²) in [5.41, 5.74) is 10.6. The van der Waals surface area contributed by atoms with Crippen LogP contribution in [0.4, 0.5) is 9.59 Å². The molecule has 0 aliphatic heterocycles. The summed E-state index contributed by atoms with van der Waals surface area (Å²) in [7, 11) is 0. The van der Waals surface area contributed by atoms with Crippen LogP contribution in [0, 0.1) is 0 Å². The molecule has 0 rings (SSSR count). The number of nitrogens with one attached hydrogen (secondary N) is 2. The van der Waals surface area contributed by atoms with Gasteiger partial charge in [0.05, 0.1) is 13.1 Å². The third-order valence-corrected chi connectivity index (χ3v) is 4.23. The smallest absolute Gasteiger partial charge is 0.404 e. The van der Waals surface area contributed by atoms with Gasteiger partial charge in [-0.2, -0.15) is 9.59 Å². The molecule has 37 heavy (non-hydrogen) atoms. The van der Waals surface area contributed by atoms with Crippen LogP contribution in [0.3, 0.4) is 0 Å². The third kappa shape index (κ3) is 65.4. The van der Waals surface area contributed by atoms with E-state index in [0.29, 0.717) is 26.2 Å². The first-order valence-electron chi connectivity index (χ1n) is 12.3. The Kier molecular flexibility index (Phi) is 47.1. The van der Waals surface area contributed by atoms with Crippen molar-refractivity contribution >= 4 is 30.5 Å². The molecule has 0 bridgehead atoms. The number of rotatable bonds is 19. The number of nitrogens with two attached hydrogens (primary N) is 2. The largest absolute Gasteiger partial charge is 0.465 e. The molecule has 0 aromatic carbocycles. The number of hydrogen-bond donors (Lipinski definition) is 6. The second-order valence-electron chi connectivity index (χ2n) is 7.31. The summed E-state index contributed by atoms with van der Waals surface area (Å²) < 4.78 is 0. The minimum Gasteiger partial charge on any atom is -0.465 e. The molecule has 0 spiro atoms. The molecule has 0 unspecified atom stereocenters. The predicted molar refractivity (Wildman–Crippen MR) is 137 cm³/mol. The molecular formula is C23H44N6O8. The second-order valence-corrected chi connectivity index (χ2v) is 7.31. The standard InChI is InChI=1S/C8H16N2O4.C8H12N2O2.C6H16N2.CO2/c11-7(12)9-5-3-1-2-4-6-10-8(13)14;11-7-9-5-3-1-2-4-6-10-8-12;7-5-3-1-2-4-6-8;2-1-3/h9-10H,1-6H2,(H,11,12)(H,13,14);1-6H2;1-8H2;. The van der Waals surface area contributed by atoms with E-state index in [2.05, 4.69) is 20.6 Å². The number of carboxylic acid groups (broad SMARTS) is 2. The Hall–Kier alpha value is -3.40. The summed E-state index contributed by atoms with van der Waals surface area (Å²) in [6.07, 6.45) is 13.2. The first-order chi connectivity index (χ1) is 17.9. The Morgan fingerprint density at radius 3 is 1.14 bits per heavy atom. The molecule has 0 saturated carbocycles. The first kappa shape index (κ1) is 40.8. The van der Waals surface area contributed by atoms with Gasteiger partial charge in [0, 0.05) is 13.1 Å². The van der Waals surface area contributed by atoms with E-state index >= 15 is 0 Å². The summed E-state index contributed by atoms with van der Waals surface area (Å²) in [5, 5.41) is 21.0. The molecule has 0 aromatic rings. The van der Waals surface area contributed by atoms with Crippen LogP contribution in [0.1, 0.15) is 77.0 Å². The Morgan fingerprint density at radius 2 is 0.865 bits per heavy atom. The zero-order valence-electron chi connectivity index (χ0n) is 21.6. The molecule has 0 aliphatic rings. The van der Waals surface area contributed by atoms with Crippen molar-refractivity contribution in [3.05, 3.63) is 0 Å². The predicted octanol–water partition coefficient (Wildman–Crippen LogP) is 2.18. The van der Waals surface area contributed by atoms with Gasteiger partial charge in [0.1, 0.15) is 0 Å². The Bertz CT molecular complexity index is 585. The molecular weight excluding hydrogens is 488 g/mol. The molecule has 2 amide bonds. The van der Waals surface area contributed by atoms with Gasteiger partial charge >= 0.3 is 18.3 Å². The number of isocyanates is 2. The van der Waals surface area contributed by atoms with Gasteiger partial charge in [-0.15, -0.1) is 0 Å². The highest BCUT2D eigenvalue weighted by Gasteiger charge is 1.95. The molecule has 8 N–H and O–H groups in total. The van der Waals surface area contributed by atoms with Crippen molar-refractivity contribution in [2.24, 2.45) is 21.5 Å². The van der Waals surface area contributed by atoms with E-state index < -0.39 is 12.2 Å². The molecule has 14 nitrogen and oxygen atoms in total. The average molecular weight is 533 g/mol. The average Bonchev–Trinajstić information content (AvgIpc) is 2.86. The van der Waals surface area contributed by atoms with Gasteiger partial charge in [-0.1, -0.05) is 38.5 Å². The van der Waals surface area contributed by atoms with Crippen LogP contribution in [-0.4, -0.2) is 80.0 Å². The third-order valence-electron chi connectivity index (χ3n) is 4.23. The van der Waals surface area contributed by atoms with Crippen molar-refractivity contribution in [1.82, 2.24) is 10.6 Å². The van der Waals surface area contributed by atoms with Gasteiger partial charge in [-0.05, 0) is 51.6 Å². The van der Waals surface area contributed by atoms with Gasteiger partial charge in [-0.25, -0.2) is 29.2 Å². The number of nitrogens with zero attached hydrogens (tertiary/aromatic N) is 2. The van der Waals surface area contributed by atoms with Gasteiger partial charge in [-0.3, -0.25) is 0 Å². The van der Waals surface area contributed by atoms with E-state index in [0.717, 1.165) is 77.3 Å². The number of unbranched alkanes of at least 4 members (excludes halogenated alkanes) is 9. The Morgan fingerprint density at radius 1 is 0.568 bits per heavy atom. The van der Waals surface area contributed by atoms with Gasteiger partial charge in [0.25, 0.3) is 0 Å². The van der Waals surface area contributed by atoms with Gasteiger partial charge in [0.15, 0.2) is 0 Å². The molecule has 0 fully saturated rings. The molecule has 0 aliphatic carbocycles. The molecule has 0 saturated heterocycles. The van der Waals surface area contributed by atoms with Crippen LogP contribution in [0.25, 0.3) is 0 Å². The summed E-state index contributed by atoms with van der Waals surface area (Å²) in [6, 6.07) is 0. The highest BCUT2D eigenvalue weighted by Crippen LogP contribution is 1.99. The highest BCUT2D eigenvalue weighted by molar-refractivity contribution is 5.64. The van der Waals surface area contributed by atoms with Crippen LogP contribution in [0.5, 0.6) is 0 Å². The first-order valence-corrected chi connectivity index (χ1v) is 12.3. The summed E-state index contributed by atoms with van der Waals surface area (Å²) in [5.74, 6) is 0. The van der Waals surface area contributed by atoms with Crippen LogP contribution < -0.4 is 22.1 Å². The normalized spacial score (nSPS) is 8.59. The Labute approximate surface area is 218 Å².